The Balaban J connectivity index is 1.88. The fourth-order valence-corrected chi connectivity index (χ4v) is 2.14. The third kappa shape index (κ3) is 5.34. The van der Waals surface area contributed by atoms with Crippen molar-refractivity contribution in [2.75, 3.05) is 13.2 Å². The van der Waals surface area contributed by atoms with Crippen molar-refractivity contribution in [3.05, 3.63) is 40.2 Å². The molecule has 1 amide bonds. The molecule has 0 fully saturated rings. The summed E-state index contributed by atoms with van der Waals surface area (Å²) in [6.07, 6.45) is 0.792. The van der Waals surface area contributed by atoms with E-state index in [4.69, 9.17) is 13.9 Å². The van der Waals surface area contributed by atoms with Gasteiger partial charge in [0.1, 0.15) is 11.3 Å². The van der Waals surface area contributed by atoms with Gasteiger partial charge in [0.05, 0.1) is 0 Å². The van der Waals surface area contributed by atoms with E-state index < -0.39 is 11.6 Å². The van der Waals surface area contributed by atoms with Crippen LogP contribution >= 0.6 is 0 Å². The van der Waals surface area contributed by atoms with E-state index >= 15 is 0 Å². The Bertz CT molecular complexity index is 826. The lowest BCUT2D eigenvalue weighted by Crippen LogP contribution is -2.35. The quantitative estimate of drug-likeness (QED) is 0.607. The lowest BCUT2D eigenvalue weighted by atomic mass is 10.1. The summed E-state index contributed by atoms with van der Waals surface area (Å²) in [6, 6.07) is 6.38. The first-order valence-corrected chi connectivity index (χ1v) is 8.01. The van der Waals surface area contributed by atoms with E-state index in [0.717, 1.165) is 17.4 Å². The fourth-order valence-electron chi connectivity index (χ4n) is 2.14. The summed E-state index contributed by atoms with van der Waals surface area (Å²) in [5.41, 5.74) is 0.724. The molecule has 0 aliphatic rings. The number of amides is 1. The molecule has 7 nitrogen and oxygen atoms in total. The molecule has 0 radical (unpaired) electrons. The Labute approximate surface area is 144 Å². The first-order chi connectivity index (χ1) is 11.9. The largest absolute Gasteiger partial charge is 0.482 e. The first-order valence-electron chi connectivity index (χ1n) is 8.01. The van der Waals surface area contributed by atoms with Crippen LogP contribution in [0, 0.1) is 6.92 Å². The fraction of sp³-hybridized carbons (Fsp3) is 0.389. The van der Waals surface area contributed by atoms with E-state index in [0.29, 0.717) is 11.3 Å². The number of ether oxygens (including phenoxy) is 2. The van der Waals surface area contributed by atoms with Crippen LogP contribution in [0.5, 0.6) is 5.75 Å². The Morgan fingerprint density at radius 1 is 1.24 bits per heavy atom. The molecule has 1 atom stereocenters. The number of aryl methyl sites for hydroxylation is 1. The maximum atomic E-state index is 11.6. The van der Waals surface area contributed by atoms with E-state index in [1.807, 2.05) is 20.8 Å². The van der Waals surface area contributed by atoms with Crippen LogP contribution in [0.3, 0.4) is 0 Å². The summed E-state index contributed by atoms with van der Waals surface area (Å²) in [4.78, 5) is 34.6. The molecule has 1 aromatic heterocycles. The number of nitrogens with one attached hydrogen (secondary N) is 1. The molecule has 1 heterocycles. The molecule has 0 unspecified atom stereocenters. The van der Waals surface area contributed by atoms with Crippen molar-refractivity contribution in [3.8, 4) is 5.75 Å². The molecule has 0 spiro atoms. The topological polar surface area (TPSA) is 94.8 Å². The normalized spacial score (nSPS) is 11.8. The van der Waals surface area contributed by atoms with Gasteiger partial charge < -0.3 is 19.2 Å². The Hall–Kier alpha value is -2.83. The van der Waals surface area contributed by atoms with Gasteiger partial charge in [-0.25, -0.2) is 9.59 Å². The Kier molecular flexibility index (Phi) is 6.16. The number of hydrogen-bond donors (Lipinski definition) is 1. The SMILES string of the molecule is CC[C@H](C)NC(=O)COC(=O)COc1ccc2c(C)cc(=O)oc2c1. The van der Waals surface area contributed by atoms with Gasteiger partial charge in [-0.05, 0) is 38.0 Å². The van der Waals surface area contributed by atoms with Crippen molar-refractivity contribution >= 4 is 22.8 Å². The molecule has 1 N–H and O–H groups in total. The minimum Gasteiger partial charge on any atom is -0.482 e. The van der Waals surface area contributed by atoms with Crippen LogP contribution in [-0.4, -0.2) is 31.1 Å². The molecule has 7 heteroatoms. The first kappa shape index (κ1) is 18.5. The maximum Gasteiger partial charge on any atom is 0.344 e. The van der Waals surface area contributed by atoms with E-state index in [2.05, 4.69) is 5.32 Å². The van der Waals surface area contributed by atoms with Crippen molar-refractivity contribution in [2.24, 2.45) is 0 Å². The highest BCUT2D eigenvalue weighted by molar-refractivity contribution is 5.82. The van der Waals surface area contributed by atoms with Crippen molar-refractivity contribution < 1.29 is 23.5 Å². The second-order valence-electron chi connectivity index (χ2n) is 5.73. The molecule has 0 saturated carbocycles. The Morgan fingerprint density at radius 2 is 2.00 bits per heavy atom. The van der Waals surface area contributed by atoms with Gasteiger partial charge in [-0.2, -0.15) is 0 Å². The molecule has 0 bridgehead atoms. The monoisotopic (exact) mass is 347 g/mol. The lowest BCUT2D eigenvalue weighted by Gasteiger charge is -2.11. The molecule has 1 aromatic carbocycles. The van der Waals surface area contributed by atoms with Gasteiger partial charge >= 0.3 is 11.6 Å². The second kappa shape index (κ2) is 8.32. The predicted molar refractivity (Wildman–Crippen MR) is 91.6 cm³/mol. The lowest BCUT2D eigenvalue weighted by molar-refractivity contribution is -0.150. The third-order valence-corrected chi connectivity index (χ3v) is 3.66. The van der Waals surface area contributed by atoms with Crippen LogP contribution in [-0.2, 0) is 14.3 Å². The number of carbonyl (C=O) groups is 2. The number of hydrogen-bond acceptors (Lipinski definition) is 6. The van der Waals surface area contributed by atoms with Crippen LogP contribution in [0.15, 0.2) is 33.5 Å². The van der Waals surface area contributed by atoms with Gasteiger partial charge in [0.25, 0.3) is 5.91 Å². The highest BCUT2D eigenvalue weighted by Crippen LogP contribution is 2.22. The average molecular weight is 347 g/mol. The molecule has 0 aliphatic heterocycles. The minimum absolute atomic E-state index is 0.0261. The zero-order valence-electron chi connectivity index (χ0n) is 14.5. The summed E-state index contributed by atoms with van der Waals surface area (Å²) in [5, 5.41) is 3.48. The number of fused-ring (bicyclic) bond motifs is 1. The van der Waals surface area contributed by atoms with Gasteiger partial charge in [-0.1, -0.05) is 6.92 Å². The van der Waals surface area contributed by atoms with E-state index in [-0.39, 0.29) is 25.2 Å². The summed E-state index contributed by atoms with van der Waals surface area (Å²) in [5.74, 6) is -0.655. The molecule has 134 valence electrons. The zero-order valence-corrected chi connectivity index (χ0v) is 14.5. The third-order valence-electron chi connectivity index (χ3n) is 3.66. The van der Waals surface area contributed by atoms with Crippen molar-refractivity contribution in [3.63, 3.8) is 0 Å². The number of carbonyl (C=O) groups excluding carboxylic acids is 2. The van der Waals surface area contributed by atoms with E-state index in [9.17, 15) is 14.4 Å². The van der Waals surface area contributed by atoms with Crippen LogP contribution in [0.2, 0.25) is 0 Å². The molecule has 0 saturated heterocycles. The molecular weight excluding hydrogens is 326 g/mol. The van der Waals surface area contributed by atoms with Crippen LogP contribution < -0.4 is 15.7 Å². The molecule has 2 aromatic rings. The highest BCUT2D eigenvalue weighted by atomic mass is 16.6. The molecular formula is C18H21NO6. The summed E-state index contributed by atoms with van der Waals surface area (Å²) in [6.45, 7) is 4.92. The number of rotatable bonds is 7. The van der Waals surface area contributed by atoms with Crippen molar-refractivity contribution in [2.45, 2.75) is 33.2 Å². The maximum absolute atomic E-state index is 11.6. The van der Waals surface area contributed by atoms with Crippen LogP contribution in [0.1, 0.15) is 25.8 Å². The van der Waals surface area contributed by atoms with Gasteiger partial charge in [-0.15, -0.1) is 0 Å². The van der Waals surface area contributed by atoms with Crippen LogP contribution in [0.25, 0.3) is 11.0 Å². The second-order valence-corrected chi connectivity index (χ2v) is 5.73. The molecule has 0 aliphatic carbocycles. The zero-order chi connectivity index (χ0) is 18.4. The smallest absolute Gasteiger partial charge is 0.344 e. The Morgan fingerprint density at radius 3 is 2.72 bits per heavy atom. The van der Waals surface area contributed by atoms with E-state index in [1.54, 1.807) is 12.1 Å². The van der Waals surface area contributed by atoms with Gasteiger partial charge in [-0.3, -0.25) is 4.79 Å². The van der Waals surface area contributed by atoms with Crippen molar-refractivity contribution in [1.82, 2.24) is 5.32 Å². The summed E-state index contributed by atoms with van der Waals surface area (Å²) < 4.78 is 15.3. The highest BCUT2D eigenvalue weighted by Gasteiger charge is 2.11. The van der Waals surface area contributed by atoms with Gasteiger partial charge in [0.15, 0.2) is 13.2 Å². The standard InChI is InChI=1S/C18H21NO6/c1-4-12(3)19-16(20)9-24-18(22)10-23-13-5-6-14-11(2)7-17(21)25-15(14)8-13/h5-8,12H,4,9-10H2,1-3H3,(H,19,20)/t12-/m0/s1. The summed E-state index contributed by atoms with van der Waals surface area (Å²) in [7, 11) is 0. The van der Waals surface area contributed by atoms with Crippen molar-refractivity contribution in [1.29, 1.82) is 0 Å². The average Bonchev–Trinajstić information content (AvgIpc) is 2.57. The van der Waals surface area contributed by atoms with Gasteiger partial charge in [0, 0.05) is 23.6 Å². The minimum atomic E-state index is -0.662. The predicted octanol–water partition coefficient (Wildman–Crippen LogP) is 1.94. The number of benzene rings is 1. The number of esters is 1. The van der Waals surface area contributed by atoms with Gasteiger partial charge in [0.2, 0.25) is 0 Å². The summed E-state index contributed by atoms with van der Waals surface area (Å²) >= 11 is 0. The van der Waals surface area contributed by atoms with Crippen LogP contribution in [0.4, 0.5) is 0 Å². The van der Waals surface area contributed by atoms with E-state index in [1.165, 1.54) is 12.1 Å². The molecule has 2 rings (SSSR count). The molecule has 25 heavy (non-hydrogen) atoms.